The van der Waals surface area contributed by atoms with Gasteiger partial charge in [-0.15, -0.1) is 0 Å². The van der Waals surface area contributed by atoms with Gasteiger partial charge in [0.15, 0.2) is 0 Å². The van der Waals surface area contributed by atoms with Crippen LogP contribution in [-0.4, -0.2) is 24.4 Å². The molecule has 3 nitrogen and oxygen atoms in total. The summed E-state index contributed by atoms with van der Waals surface area (Å²) >= 11 is 0. The average Bonchev–Trinajstić information content (AvgIpc) is 2.42. The maximum absolute atomic E-state index is 12.6. The number of halogens is 2. The number of ether oxygens (including phenoxy) is 1. The first-order valence-corrected chi connectivity index (χ1v) is 6.91. The smallest absolute Gasteiger partial charge is 0.387 e. The van der Waals surface area contributed by atoms with Gasteiger partial charge < -0.3 is 15.6 Å². The number of hydrogen-bond acceptors (Lipinski definition) is 3. The Hall–Kier alpha value is -1.20. The molecule has 1 aromatic rings. The Balaban J connectivity index is 2.41. The highest BCUT2D eigenvalue weighted by Crippen LogP contribution is 2.44. The standard InChI is InChI=1S/C15H21F2NO2/c1-10-3-2-4-12(13(10)20-14(16)17)15(9-18)7-5-11(19)6-8-15/h2-4,11,14,19H,5-9,18H2,1H3. The SMILES string of the molecule is Cc1cccc(C2(CN)CCC(O)CC2)c1OC(F)F. The molecule has 0 bridgehead atoms. The molecule has 0 radical (unpaired) electrons. The Kier molecular flexibility index (Phi) is 4.60. The van der Waals surface area contributed by atoms with E-state index in [1.165, 1.54) is 0 Å². The number of nitrogens with two attached hydrogens (primary N) is 1. The Bertz CT molecular complexity index is 457. The van der Waals surface area contributed by atoms with Crippen LogP contribution in [0.5, 0.6) is 5.75 Å². The third-order valence-electron chi connectivity index (χ3n) is 4.29. The van der Waals surface area contributed by atoms with Crippen LogP contribution in [0.1, 0.15) is 36.8 Å². The van der Waals surface area contributed by atoms with Gasteiger partial charge in [0, 0.05) is 17.5 Å². The fourth-order valence-corrected chi connectivity index (χ4v) is 3.05. The maximum Gasteiger partial charge on any atom is 0.387 e. The molecule has 0 aromatic heterocycles. The molecule has 1 aromatic carbocycles. The molecule has 1 aliphatic carbocycles. The molecule has 20 heavy (non-hydrogen) atoms. The highest BCUT2D eigenvalue weighted by atomic mass is 19.3. The van der Waals surface area contributed by atoms with Crippen molar-refractivity contribution in [3.8, 4) is 5.75 Å². The molecule has 0 unspecified atom stereocenters. The summed E-state index contributed by atoms with van der Waals surface area (Å²) in [6.45, 7) is -0.731. The molecule has 0 amide bonds. The van der Waals surface area contributed by atoms with Crippen molar-refractivity contribution < 1.29 is 18.6 Å². The first-order chi connectivity index (χ1) is 9.48. The van der Waals surface area contributed by atoms with Crippen LogP contribution in [0.2, 0.25) is 0 Å². The van der Waals surface area contributed by atoms with E-state index >= 15 is 0 Å². The van der Waals surface area contributed by atoms with E-state index in [1.807, 2.05) is 12.1 Å². The lowest BCUT2D eigenvalue weighted by Crippen LogP contribution is -2.40. The van der Waals surface area contributed by atoms with Crippen LogP contribution in [0, 0.1) is 6.92 Å². The predicted molar refractivity (Wildman–Crippen MR) is 73.0 cm³/mol. The van der Waals surface area contributed by atoms with Gasteiger partial charge in [-0.25, -0.2) is 0 Å². The molecule has 1 fully saturated rings. The average molecular weight is 285 g/mol. The Labute approximate surface area is 117 Å². The topological polar surface area (TPSA) is 55.5 Å². The van der Waals surface area contributed by atoms with Crippen molar-refractivity contribution in [2.75, 3.05) is 6.54 Å². The van der Waals surface area contributed by atoms with Gasteiger partial charge in [-0.05, 0) is 38.2 Å². The maximum atomic E-state index is 12.6. The van der Waals surface area contributed by atoms with E-state index in [2.05, 4.69) is 0 Å². The van der Waals surface area contributed by atoms with Crippen molar-refractivity contribution >= 4 is 0 Å². The third-order valence-corrected chi connectivity index (χ3v) is 4.29. The second-order valence-corrected chi connectivity index (χ2v) is 5.55. The van der Waals surface area contributed by atoms with Gasteiger partial charge >= 0.3 is 6.61 Å². The number of aliphatic hydroxyl groups is 1. The van der Waals surface area contributed by atoms with Crippen LogP contribution in [-0.2, 0) is 5.41 Å². The van der Waals surface area contributed by atoms with Gasteiger partial charge in [0.05, 0.1) is 6.10 Å². The van der Waals surface area contributed by atoms with Crippen LogP contribution < -0.4 is 10.5 Å². The molecule has 112 valence electrons. The summed E-state index contributed by atoms with van der Waals surface area (Å²) in [5, 5.41) is 9.66. The zero-order chi connectivity index (χ0) is 14.8. The molecular formula is C15H21F2NO2. The zero-order valence-electron chi connectivity index (χ0n) is 11.6. The molecule has 0 saturated heterocycles. The molecule has 0 atom stereocenters. The van der Waals surface area contributed by atoms with E-state index in [0.717, 1.165) is 5.56 Å². The quantitative estimate of drug-likeness (QED) is 0.894. The first-order valence-electron chi connectivity index (χ1n) is 6.91. The highest BCUT2D eigenvalue weighted by Gasteiger charge is 2.38. The summed E-state index contributed by atoms with van der Waals surface area (Å²) in [4.78, 5) is 0. The third kappa shape index (κ3) is 2.94. The molecule has 0 aliphatic heterocycles. The monoisotopic (exact) mass is 285 g/mol. The fourth-order valence-electron chi connectivity index (χ4n) is 3.05. The normalized spacial score (nSPS) is 26.8. The zero-order valence-corrected chi connectivity index (χ0v) is 11.6. The highest BCUT2D eigenvalue weighted by molar-refractivity contribution is 5.46. The van der Waals surface area contributed by atoms with E-state index < -0.39 is 6.61 Å². The van der Waals surface area contributed by atoms with E-state index in [4.69, 9.17) is 10.5 Å². The number of alkyl halides is 2. The molecule has 0 heterocycles. The summed E-state index contributed by atoms with van der Waals surface area (Å²) in [5.74, 6) is 0.240. The van der Waals surface area contributed by atoms with E-state index in [0.29, 0.717) is 37.8 Å². The second kappa shape index (κ2) is 6.06. The largest absolute Gasteiger partial charge is 0.434 e. The fraction of sp³-hybridized carbons (Fsp3) is 0.600. The van der Waals surface area contributed by atoms with Crippen LogP contribution in [0.25, 0.3) is 0 Å². The molecule has 0 spiro atoms. The minimum absolute atomic E-state index is 0.240. The minimum Gasteiger partial charge on any atom is -0.434 e. The van der Waals surface area contributed by atoms with Crippen LogP contribution in [0.15, 0.2) is 18.2 Å². The van der Waals surface area contributed by atoms with E-state index in [9.17, 15) is 13.9 Å². The van der Waals surface area contributed by atoms with Crippen molar-refractivity contribution in [1.29, 1.82) is 0 Å². The number of aliphatic hydroxyl groups excluding tert-OH is 1. The molecular weight excluding hydrogens is 264 g/mol. The number of hydrogen-bond donors (Lipinski definition) is 2. The lowest BCUT2D eigenvalue weighted by molar-refractivity contribution is -0.0519. The lowest BCUT2D eigenvalue weighted by atomic mass is 9.68. The Morgan fingerprint density at radius 3 is 2.60 bits per heavy atom. The summed E-state index contributed by atoms with van der Waals surface area (Å²) in [6, 6.07) is 5.41. The van der Waals surface area contributed by atoms with Gasteiger partial charge in [-0.3, -0.25) is 0 Å². The number of para-hydroxylation sites is 1. The summed E-state index contributed by atoms with van der Waals surface area (Å²) < 4.78 is 30.0. The molecule has 1 aliphatic rings. The van der Waals surface area contributed by atoms with Crippen LogP contribution in [0.4, 0.5) is 8.78 Å². The van der Waals surface area contributed by atoms with Crippen molar-refractivity contribution in [3.05, 3.63) is 29.3 Å². The van der Waals surface area contributed by atoms with Crippen molar-refractivity contribution in [2.45, 2.75) is 50.7 Å². The lowest BCUT2D eigenvalue weighted by Gasteiger charge is -2.39. The van der Waals surface area contributed by atoms with E-state index in [-0.39, 0.29) is 17.3 Å². The van der Waals surface area contributed by atoms with Gasteiger partial charge in [0.1, 0.15) is 5.75 Å². The van der Waals surface area contributed by atoms with Crippen LogP contribution in [0.3, 0.4) is 0 Å². The molecule has 5 heteroatoms. The first kappa shape index (κ1) is 15.2. The van der Waals surface area contributed by atoms with Crippen molar-refractivity contribution in [3.63, 3.8) is 0 Å². The van der Waals surface area contributed by atoms with Gasteiger partial charge in [0.25, 0.3) is 0 Å². The summed E-state index contributed by atoms with van der Waals surface area (Å²) in [6.07, 6.45) is 2.33. The minimum atomic E-state index is -2.85. The second-order valence-electron chi connectivity index (χ2n) is 5.55. The summed E-state index contributed by atoms with van der Waals surface area (Å²) in [7, 11) is 0. The molecule has 1 saturated carbocycles. The van der Waals surface area contributed by atoms with Gasteiger partial charge in [-0.1, -0.05) is 18.2 Å². The van der Waals surface area contributed by atoms with Crippen LogP contribution >= 0.6 is 0 Å². The van der Waals surface area contributed by atoms with E-state index in [1.54, 1.807) is 13.0 Å². The van der Waals surface area contributed by atoms with Crippen molar-refractivity contribution in [1.82, 2.24) is 0 Å². The Morgan fingerprint density at radius 1 is 1.40 bits per heavy atom. The number of aryl methyl sites for hydroxylation is 1. The Morgan fingerprint density at radius 2 is 2.05 bits per heavy atom. The number of benzene rings is 1. The van der Waals surface area contributed by atoms with Gasteiger partial charge in [0.2, 0.25) is 0 Å². The molecule has 2 rings (SSSR count). The number of rotatable bonds is 4. The molecule has 3 N–H and O–H groups in total. The van der Waals surface area contributed by atoms with Gasteiger partial charge in [-0.2, -0.15) is 8.78 Å². The summed E-state index contributed by atoms with van der Waals surface area (Å²) in [5.41, 5.74) is 6.99. The van der Waals surface area contributed by atoms with Crippen molar-refractivity contribution in [2.24, 2.45) is 5.73 Å². The predicted octanol–water partition coefficient (Wildman–Crippen LogP) is 2.73.